The summed E-state index contributed by atoms with van der Waals surface area (Å²) >= 11 is 0. The van der Waals surface area contributed by atoms with E-state index in [-0.39, 0.29) is 23.9 Å². The molecule has 0 bridgehead atoms. The van der Waals surface area contributed by atoms with Crippen LogP contribution in [0.5, 0.6) is 0 Å². The van der Waals surface area contributed by atoms with Crippen molar-refractivity contribution in [3.05, 3.63) is 36.3 Å². The van der Waals surface area contributed by atoms with Gasteiger partial charge in [-0.15, -0.1) is 10.2 Å². The Balaban J connectivity index is 1.81. The number of alkyl halides is 3. The van der Waals surface area contributed by atoms with Gasteiger partial charge in [-0.1, -0.05) is 0 Å². The zero-order chi connectivity index (χ0) is 17.4. The van der Waals surface area contributed by atoms with Gasteiger partial charge in [0.1, 0.15) is 4.90 Å². The first-order valence-corrected chi connectivity index (χ1v) is 8.53. The molecule has 1 aliphatic heterocycles. The van der Waals surface area contributed by atoms with Gasteiger partial charge in [-0.05, 0) is 25.0 Å². The van der Waals surface area contributed by atoms with Crippen LogP contribution in [0.25, 0.3) is 0 Å². The van der Waals surface area contributed by atoms with Crippen molar-refractivity contribution in [1.29, 1.82) is 0 Å². The van der Waals surface area contributed by atoms with Crippen molar-refractivity contribution in [3.8, 4) is 0 Å². The summed E-state index contributed by atoms with van der Waals surface area (Å²) in [5.74, 6) is -2.20. The highest BCUT2D eigenvalue weighted by Crippen LogP contribution is 2.33. The van der Waals surface area contributed by atoms with Crippen LogP contribution >= 0.6 is 0 Å². The Kier molecular flexibility index (Phi) is 4.30. The van der Waals surface area contributed by atoms with Gasteiger partial charge < -0.3 is 4.42 Å². The first-order chi connectivity index (χ1) is 11.3. The topological polar surface area (TPSA) is 89.2 Å². The quantitative estimate of drug-likeness (QED) is 0.830. The zero-order valence-corrected chi connectivity index (χ0v) is 13.1. The highest BCUT2D eigenvalue weighted by molar-refractivity contribution is 7.89. The van der Waals surface area contributed by atoms with Gasteiger partial charge in [0, 0.05) is 25.5 Å². The maximum atomic E-state index is 12.6. The van der Waals surface area contributed by atoms with Crippen LogP contribution in [0.2, 0.25) is 0 Å². The minimum atomic E-state index is -4.72. The van der Waals surface area contributed by atoms with Crippen LogP contribution < -0.4 is 0 Å². The number of aromatic nitrogens is 3. The van der Waals surface area contributed by atoms with E-state index < -0.39 is 28.0 Å². The third-order valence-electron chi connectivity index (χ3n) is 3.69. The lowest BCUT2D eigenvalue weighted by Gasteiger charge is -2.30. The van der Waals surface area contributed by atoms with E-state index in [9.17, 15) is 21.6 Å². The third kappa shape index (κ3) is 3.26. The number of piperidine rings is 1. The zero-order valence-electron chi connectivity index (χ0n) is 12.3. The highest BCUT2D eigenvalue weighted by Gasteiger charge is 2.40. The first-order valence-electron chi connectivity index (χ1n) is 7.09. The molecule has 3 rings (SSSR count). The van der Waals surface area contributed by atoms with E-state index in [0.717, 1.165) is 0 Å². The van der Waals surface area contributed by atoms with Crippen molar-refractivity contribution >= 4 is 10.0 Å². The minimum Gasteiger partial charge on any atom is -0.417 e. The molecule has 0 N–H and O–H groups in total. The van der Waals surface area contributed by atoms with E-state index in [1.165, 1.54) is 28.8 Å². The molecule has 0 aromatic carbocycles. The highest BCUT2D eigenvalue weighted by atomic mass is 32.2. The molecule has 1 fully saturated rings. The molecule has 2 aromatic heterocycles. The maximum Gasteiger partial charge on any atom is 0.470 e. The summed E-state index contributed by atoms with van der Waals surface area (Å²) in [5, 5.41) is 6.41. The lowest BCUT2D eigenvalue weighted by atomic mass is 10.00. The van der Waals surface area contributed by atoms with Gasteiger partial charge in [-0.2, -0.15) is 17.5 Å². The molecule has 0 radical (unpaired) electrons. The van der Waals surface area contributed by atoms with Crippen LogP contribution in [0, 0.1) is 0 Å². The largest absolute Gasteiger partial charge is 0.470 e. The van der Waals surface area contributed by atoms with Gasteiger partial charge in [0.05, 0.1) is 5.92 Å². The SMILES string of the molecule is O=S(=O)(c1cccnc1)N1CCC[C@@H](c2nnc(C(F)(F)F)o2)C1. The Hall–Kier alpha value is -2.01. The molecule has 0 amide bonds. The molecule has 3 heterocycles. The fourth-order valence-electron chi connectivity index (χ4n) is 2.53. The van der Waals surface area contributed by atoms with Gasteiger partial charge >= 0.3 is 12.1 Å². The summed E-state index contributed by atoms with van der Waals surface area (Å²) in [7, 11) is -3.77. The summed E-state index contributed by atoms with van der Waals surface area (Å²) in [6, 6.07) is 2.92. The van der Waals surface area contributed by atoms with Crippen molar-refractivity contribution in [3.63, 3.8) is 0 Å². The molecule has 0 saturated carbocycles. The molecule has 24 heavy (non-hydrogen) atoms. The van der Waals surface area contributed by atoms with E-state index >= 15 is 0 Å². The average Bonchev–Trinajstić information content (AvgIpc) is 3.06. The number of hydrogen-bond acceptors (Lipinski definition) is 6. The number of nitrogens with zero attached hydrogens (tertiary/aromatic N) is 4. The second-order valence-corrected chi connectivity index (χ2v) is 7.27. The van der Waals surface area contributed by atoms with Gasteiger partial charge in [-0.25, -0.2) is 8.42 Å². The second kappa shape index (κ2) is 6.13. The Labute approximate surface area is 135 Å². The maximum absolute atomic E-state index is 12.6. The van der Waals surface area contributed by atoms with Crippen LogP contribution in [0.15, 0.2) is 33.8 Å². The molecule has 130 valence electrons. The third-order valence-corrected chi connectivity index (χ3v) is 5.54. The number of halogens is 3. The summed E-state index contributed by atoms with van der Waals surface area (Å²) in [6.45, 7) is 0.255. The van der Waals surface area contributed by atoms with E-state index in [2.05, 4.69) is 19.6 Å². The molecular formula is C13H13F3N4O3S. The normalized spacial score (nSPS) is 20.2. The Morgan fingerprint density at radius 3 is 2.71 bits per heavy atom. The van der Waals surface area contributed by atoms with Crippen LogP contribution in [0.3, 0.4) is 0 Å². The summed E-state index contributed by atoms with van der Waals surface area (Å²) in [6.07, 6.45) is -1.09. The van der Waals surface area contributed by atoms with Crippen molar-refractivity contribution in [2.24, 2.45) is 0 Å². The first kappa shape index (κ1) is 16.8. The molecular weight excluding hydrogens is 349 g/mol. The fourth-order valence-corrected chi connectivity index (χ4v) is 4.01. The lowest BCUT2D eigenvalue weighted by molar-refractivity contribution is -0.157. The van der Waals surface area contributed by atoms with Gasteiger partial charge in [0.25, 0.3) is 0 Å². The Morgan fingerprint density at radius 2 is 2.08 bits per heavy atom. The van der Waals surface area contributed by atoms with Crippen LogP contribution in [-0.2, 0) is 16.2 Å². The smallest absolute Gasteiger partial charge is 0.417 e. The molecule has 0 spiro atoms. The van der Waals surface area contributed by atoms with Crippen molar-refractivity contribution in [1.82, 2.24) is 19.5 Å². The predicted molar refractivity (Wildman–Crippen MR) is 74.3 cm³/mol. The standard InChI is InChI=1S/C13H13F3N4O3S/c14-13(15,16)12-19-18-11(23-12)9-3-2-6-20(8-9)24(21,22)10-4-1-5-17-7-10/h1,4-5,7,9H,2-3,6,8H2/t9-/m1/s1. The van der Waals surface area contributed by atoms with Crippen molar-refractivity contribution < 1.29 is 26.0 Å². The minimum absolute atomic E-state index is 0.0171. The molecule has 1 atom stereocenters. The molecule has 2 aromatic rings. The van der Waals surface area contributed by atoms with Crippen molar-refractivity contribution in [2.75, 3.05) is 13.1 Å². The molecule has 1 saturated heterocycles. The Bertz CT molecular complexity index is 807. The number of rotatable bonds is 3. The van der Waals surface area contributed by atoms with Crippen molar-refractivity contribution in [2.45, 2.75) is 29.8 Å². The van der Waals surface area contributed by atoms with Crippen LogP contribution in [0.4, 0.5) is 13.2 Å². The van der Waals surface area contributed by atoms with Gasteiger partial charge in [-0.3, -0.25) is 4.98 Å². The van der Waals surface area contributed by atoms with E-state index in [1.54, 1.807) is 0 Å². The van der Waals surface area contributed by atoms with Crippen LogP contribution in [0.1, 0.15) is 30.5 Å². The van der Waals surface area contributed by atoms with E-state index in [4.69, 9.17) is 0 Å². The van der Waals surface area contributed by atoms with E-state index in [1.807, 2.05) is 0 Å². The molecule has 11 heteroatoms. The summed E-state index contributed by atoms with van der Waals surface area (Å²) < 4.78 is 68.7. The lowest BCUT2D eigenvalue weighted by Crippen LogP contribution is -2.39. The second-order valence-electron chi connectivity index (χ2n) is 5.33. The fraction of sp³-hybridized carbons (Fsp3) is 0.462. The summed E-state index contributed by atoms with van der Waals surface area (Å²) in [4.78, 5) is 3.82. The molecule has 0 unspecified atom stereocenters. The number of pyridine rings is 1. The molecule has 1 aliphatic rings. The Morgan fingerprint density at radius 1 is 1.29 bits per heavy atom. The van der Waals surface area contributed by atoms with Gasteiger partial charge in [0.2, 0.25) is 15.9 Å². The molecule has 0 aliphatic carbocycles. The molecule has 7 nitrogen and oxygen atoms in total. The monoisotopic (exact) mass is 362 g/mol. The van der Waals surface area contributed by atoms with Gasteiger partial charge in [0.15, 0.2) is 0 Å². The summed E-state index contributed by atoms with van der Waals surface area (Å²) in [5.41, 5.74) is 0. The van der Waals surface area contributed by atoms with E-state index in [0.29, 0.717) is 12.8 Å². The predicted octanol–water partition coefficient (Wildman–Crippen LogP) is 2.05. The number of hydrogen-bond donors (Lipinski definition) is 0. The number of sulfonamides is 1. The average molecular weight is 362 g/mol. The van der Waals surface area contributed by atoms with Crippen LogP contribution in [-0.4, -0.2) is 41.0 Å².